The fourth-order valence-corrected chi connectivity index (χ4v) is 2.61. The highest BCUT2D eigenvalue weighted by molar-refractivity contribution is 9.09. The second-order valence-corrected chi connectivity index (χ2v) is 5.27. The van der Waals surface area contributed by atoms with Gasteiger partial charge in [-0.3, -0.25) is 4.79 Å². The van der Waals surface area contributed by atoms with E-state index in [1.807, 2.05) is 54.6 Å². The highest BCUT2D eigenvalue weighted by Crippen LogP contribution is 2.24. The number of halogens is 1. The standard InChI is InChI=1S/C16H13BrN2O/c17-10-11-19-16(20)14-9-5-4-8-13(14)15(18-19)12-6-2-1-3-7-12/h1-9H,10-11H2. The van der Waals surface area contributed by atoms with Crippen LogP contribution in [0.25, 0.3) is 22.0 Å². The lowest BCUT2D eigenvalue weighted by atomic mass is 10.1. The van der Waals surface area contributed by atoms with Gasteiger partial charge in [-0.2, -0.15) is 5.10 Å². The van der Waals surface area contributed by atoms with E-state index in [2.05, 4.69) is 21.0 Å². The summed E-state index contributed by atoms with van der Waals surface area (Å²) < 4.78 is 1.53. The van der Waals surface area contributed by atoms with Crippen molar-refractivity contribution in [2.24, 2.45) is 0 Å². The molecule has 0 unspecified atom stereocenters. The molecule has 0 radical (unpaired) electrons. The molecule has 20 heavy (non-hydrogen) atoms. The van der Waals surface area contributed by atoms with Crippen LogP contribution in [-0.2, 0) is 6.54 Å². The largest absolute Gasteiger partial charge is 0.274 e. The SMILES string of the molecule is O=c1c2ccccc2c(-c2ccccc2)nn1CCBr. The maximum absolute atomic E-state index is 12.4. The van der Waals surface area contributed by atoms with Crippen LogP contribution in [0.4, 0.5) is 0 Å². The molecule has 1 aromatic heterocycles. The lowest BCUT2D eigenvalue weighted by Crippen LogP contribution is -2.24. The van der Waals surface area contributed by atoms with Crippen molar-refractivity contribution in [3.05, 3.63) is 65.0 Å². The topological polar surface area (TPSA) is 34.9 Å². The molecule has 3 nitrogen and oxygen atoms in total. The summed E-state index contributed by atoms with van der Waals surface area (Å²) in [5.41, 5.74) is 1.83. The fourth-order valence-electron chi connectivity index (χ4n) is 2.28. The summed E-state index contributed by atoms with van der Waals surface area (Å²) in [6, 6.07) is 17.6. The second-order valence-electron chi connectivity index (χ2n) is 4.48. The van der Waals surface area contributed by atoms with Crippen molar-refractivity contribution in [2.45, 2.75) is 6.54 Å². The summed E-state index contributed by atoms with van der Waals surface area (Å²) in [6.07, 6.45) is 0. The van der Waals surface area contributed by atoms with Gasteiger partial charge in [-0.25, -0.2) is 4.68 Å². The van der Waals surface area contributed by atoms with E-state index >= 15 is 0 Å². The van der Waals surface area contributed by atoms with Crippen molar-refractivity contribution in [1.82, 2.24) is 9.78 Å². The molecule has 0 bridgehead atoms. The first-order valence-corrected chi connectivity index (χ1v) is 7.54. The maximum atomic E-state index is 12.4. The Balaban J connectivity index is 2.36. The molecule has 0 amide bonds. The van der Waals surface area contributed by atoms with Gasteiger partial charge in [0, 0.05) is 16.3 Å². The van der Waals surface area contributed by atoms with Crippen LogP contribution in [0.2, 0.25) is 0 Å². The van der Waals surface area contributed by atoms with Crippen molar-refractivity contribution in [2.75, 3.05) is 5.33 Å². The molecule has 3 rings (SSSR count). The molecule has 0 aliphatic heterocycles. The van der Waals surface area contributed by atoms with Gasteiger partial charge >= 0.3 is 0 Å². The van der Waals surface area contributed by atoms with E-state index in [0.717, 1.165) is 16.6 Å². The molecule has 0 saturated heterocycles. The molecule has 0 N–H and O–H groups in total. The van der Waals surface area contributed by atoms with Crippen LogP contribution in [0, 0.1) is 0 Å². The molecule has 4 heteroatoms. The van der Waals surface area contributed by atoms with Crippen molar-refractivity contribution >= 4 is 26.7 Å². The third kappa shape index (κ3) is 2.27. The van der Waals surface area contributed by atoms with Crippen LogP contribution in [0.3, 0.4) is 0 Å². The summed E-state index contributed by atoms with van der Waals surface area (Å²) in [4.78, 5) is 12.4. The molecule has 0 aliphatic carbocycles. The van der Waals surface area contributed by atoms with E-state index in [1.54, 1.807) is 0 Å². The van der Waals surface area contributed by atoms with Gasteiger partial charge in [-0.15, -0.1) is 0 Å². The lowest BCUT2D eigenvalue weighted by Gasteiger charge is -2.10. The van der Waals surface area contributed by atoms with E-state index < -0.39 is 0 Å². The number of rotatable bonds is 3. The molecule has 0 saturated carbocycles. The zero-order valence-electron chi connectivity index (χ0n) is 10.8. The highest BCUT2D eigenvalue weighted by atomic mass is 79.9. The summed E-state index contributed by atoms with van der Waals surface area (Å²) in [7, 11) is 0. The van der Waals surface area contributed by atoms with Gasteiger partial charge in [-0.05, 0) is 6.07 Å². The Kier molecular flexibility index (Phi) is 3.65. The highest BCUT2D eigenvalue weighted by Gasteiger charge is 2.11. The smallest absolute Gasteiger partial charge is 0.267 e. The molecule has 0 spiro atoms. The maximum Gasteiger partial charge on any atom is 0.274 e. The first-order chi connectivity index (χ1) is 9.81. The molecular formula is C16H13BrN2O. The van der Waals surface area contributed by atoms with Crippen LogP contribution >= 0.6 is 15.9 Å². The van der Waals surface area contributed by atoms with Gasteiger partial charge in [0.1, 0.15) is 0 Å². The van der Waals surface area contributed by atoms with Gasteiger partial charge < -0.3 is 0 Å². The average molecular weight is 329 g/mol. The summed E-state index contributed by atoms with van der Waals surface area (Å²) in [5, 5.41) is 6.84. The summed E-state index contributed by atoms with van der Waals surface area (Å²) >= 11 is 3.37. The molecule has 0 atom stereocenters. The summed E-state index contributed by atoms with van der Waals surface area (Å²) in [5.74, 6) is 0. The number of benzene rings is 2. The van der Waals surface area contributed by atoms with Crippen LogP contribution in [0.15, 0.2) is 59.4 Å². The first-order valence-electron chi connectivity index (χ1n) is 6.42. The zero-order valence-corrected chi connectivity index (χ0v) is 12.4. The van der Waals surface area contributed by atoms with E-state index in [4.69, 9.17) is 0 Å². The van der Waals surface area contributed by atoms with Gasteiger partial charge in [0.05, 0.1) is 17.6 Å². The summed E-state index contributed by atoms with van der Waals surface area (Å²) in [6.45, 7) is 0.559. The molecule has 0 aliphatic rings. The Morgan fingerprint density at radius 1 is 0.950 bits per heavy atom. The Bertz CT molecular complexity index is 796. The van der Waals surface area contributed by atoms with Crippen molar-refractivity contribution < 1.29 is 0 Å². The normalized spacial score (nSPS) is 10.8. The lowest BCUT2D eigenvalue weighted by molar-refractivity contribution is 0.635. The number of hydrogen-bond donors (Lipinski definition) is 0. The third-order valence-electron chi connectivity index (χ3n) is 3.21. The van der Waals surface area contributed by atoms with Crippen LogP contribution in [0.5, 0.6) is 0 Å². The van der Waals surface area contributed by atoms with E-state index in [-0.39, 0.29) is 5.56 Å². The molecule has 3 aromatic rings. The first kappa shape index (κ1) is 13.1. The van der Waals surface area contributed by atoms with Gasteiger partial charge in [0.15, 0.2) is 0 Å². The van der Waals surface area contributed by atoms with Crippen molar-refractivity contribution in [3.63, 3.8) is 0 Å². The number of nitrogens with zero attached hydrogens (tertiary/aromatic N) is 2. The molecule has 2 aromatic carbocycles. The Labute approximate surface area is 125 Å². The minimum absolute atomic E-state index is 0.0419. The Morgan fingerprint density at radius 3 is 2.30 bits per heavy atom. The van der Waals surface area contributed by atoms with Crippen molar-refractivity contribution in [1.29, 1.82) is 0 Å². The predicted molar refractivity (Wildman–Crippen MR) is 85.2 cm³/mol. The predicted octanol–water partition coefficient (Wildman–Crippen LogP) is 3.46. The van der Waals surface area contributed by atoms with E-state index in [0.29, 0.717) is 17.3 Å². The van der Waals surface area contributed by atoms with Crippen LogP contribution in [-0.4, -0.2) is 15.1 Å². The minimum atomic E-state index is -0.0419. The fraction of sp³-hybridized carbons (Fsp3) is 0.125. The average Bonchev–Trinajstić information content (AvgIpc) is 2.51. The molecule has 0 fully saturated rings. The molecule has 1 heterocycles. The van der Waals surface area contributed by atoms with Crippen LogP contribution < -0.4 is 5.56 Å². The number of hydrogen-bond acceptors (Lipinski definition) is 2. The number of aryl methyl sites for hydroxylation is 1. The zero-order chi connectivity index (χ0) is 13.9. The number of fused-ring (bicyclic) bond motifs is 1. The van der Waals surface area contributed by atoms with Gasteiger partial charge in [0.2, 0.25) is 0 Å². The quantitative estimate of drug-likeness (QED) is 0.690. The second kappa shape index (κ2) is 5.59. The third-order valence-corrected chi connectivity index (χ3v) is 3.57. The Morgan fingerprint density at radius 2 is 1.60 bits per heavy atom. The monoisotopic (exact) mass is 328 g/mol. The molecular weight excluding hydrogens is 316 g/mol. The number of alkyl halides is 1. The Hall–Kier alpha value is -1.94. The van der Waals surface area contributed by atoms with Crippen molar-refractivity contribution in [3.8, 4) is 11.3 Å². The molecule has 100 valence electrons. The van der Waals surface area contributed by atoms with Gasteiger partial charge in [-0.1, -0.05) is 64.5 Å². The van der Waals surface area contributed by atoms with E-state index in [9.17, 15) is 4.79 Å². The number of aromatic nitrogens is 2. The minimum Gasteiger partial charge on any atom is -0.267 e. The van der Waals surface area contributed by atoms with E-state index in [1.165, 1.54) is 4.68 Å². The van der Waals surface area contributed by atoms with Crippen LogP contribution in [0.1, 0.15) is 0 Å². The van der Waals surface area contributed by atoms with Gasteiger partial charge in [0.25, 0.3) is 5.56 Å².